The van der Waals surface area contributed by atoms with Crippen LogP contribution in [0.1, 0.15) is 44.9 Å². The summed E-state index contributed by atoms with van der Waals surface area (Å²) in [7, 11) is 0. The summed E-state index contributed by atoms with van der Waals surface area (Å²) in [6.07, 6.45) is 7.81. The van der Waals surface area contributed by atoms with E-state index in [1.165, 1.54) is 32.1 Å². The Morgan fingerprint density at radius 3 is 2.47 bits per heavy atom. The maximum Gasteiger partial charge on any atom is 0.109 e. The summed E-state index contributed by atoms with van der Waals surface area (Å²) in [6.45, 7) is 6.58. The highest BCUT2D eigenvalue weighted by molar-refractivity contribution is 6.20. The predicted molar refractivity (Wildman–Crippen MR) is 119 cm³/mol. The standard InChI is InChI=1S/C22H41ClN4O3/c23-17-5-3-4-16(12-17)13-24-14-18-21(22(29)19(15-28)30-18)27-10-8-26(9-11-27)20-6-1-2-7-25-20/h16-22,24-25,28-29H,1-15H2/t16?,17?,18-,19+,20?,21-,22-/m1/s1. The smallest absolute Gasteiger partial charge is 0.109 e. The van der Waals surface area contributed by atoms with Crippen LogP contribution in [-0.2, 0) is 4.74 Å². The zero-order chi connectivity index (χ0) is 20.9. The van der Waals surface area contributed by atoms with Crippen molar-refractivity contribution < 1.29 is 14.9 Å². The third kappa shape index (κ3) is 5.67. The van der Waals surface area contributed by atoms with Crippen molar-refractivity contribution in [3.05, 3.63) is 0 Å². The van der Waals surface area contributed by atoms with E-state index < -0.39 is 12.2 Å². The monoisotopic (exact) mass is 444 g/mol. The molecule has 0 radical (unpaired) electrons. The second-order valence-corrected chi connectivity index (χ2v) is 10.3. The fourth-order valence-corrected chi connectivity index (χ4v) is 6.34. The van der Waals surface area contributed by atoms with Crippen molar-refractivity contribution in [1.82, 2.24) is 20.4 Å². The molecule has 1 aliphatic carbocycles. The van der Waals surface area contributed by atoms with Gasteiger partial charge >= 0.3 is 0 Å². The zero-order valence-electron chi connectivity index (χ0n) is 18.2. The van der Waals surface area contributed by atoms with Gasteiger partial charge in [-0.15, -0.1) is 11.6 Å². The van der Waals surface area contributed by atoms with E-state index in [1.807, 2.05) is 0 Å². The van der Waals surface area contributed by atoms with Crippen molar-refractivity contribution in [2.45, 2.75) is 80.8 Å². The fourth-order valence-electron chi connectivity index (χ4n) is 5.93. The number of ether oxygens (including phenoxy) is 1. The van der Waals surface area contributed by atoms with E-state index in [1.54, 1.807) is 0 Å². The van der Waals surface area contributed by atoms with E-state index in [4.69, 9.17) is 16.3 Å². The fraction of sp³-hybridized carbons (Fsp3) is 1.00. The van der Waals surface area contributed by atoms with Crippen LogP contribution in [0.4, 0.5) is 0 Å². The maximum absolute atomic E-state index is 10.9. The number of halogens is 1. The molecular formula is C22H41ClN4O3. The maximum atomic E-state index is 10.9. The quantitative estimate of drug-likeness (QED) is 0.428. The predicted octanol–water partition coefficient (Wildman–Crippen LogP) is 0.580. The first-order valence-corrected chi connectivity index (χ1v) is 12.6. The van der Waals surface area contributed by atoms with Crippen LogP contribution < -0.4 is 10.6 Å². The van der Waals surface area contributed by atoms with Gasteiger partial charge in [0.05, 0.1) is 24.9 Å². The van der Waals surface area contributed by atoms with E-state index in [0.717, 1.165) is 52.1 Å². The molecule has 7 nitrogen and oxygen atoms in total. The SMILES string of the molecule is OC[C@@H]1O[C@H](CNCC2CCCC(Cl)C2)[C@@H](N2CCN(C3CCCCN3)CC2)[C@@H]1O. The molecule has 0 amide bonds. The van der Waals surface area contributed by atoms with E-state index in [0.29, 0.717) is 24.0 Å². The van der Waals surface area contributed by atoms with Crippen LogP contribution in [0, 0.1) is 5.92 Å². The van der Waals surface area contributed by atoms with Gasteiger partial charge in [0.1, 0.15) is 12.2 Å². The number of aliphatic hydroxyl groups is 2. The van der Waals surface area contributed by atoms with Crippen LogP contribution in [0.15, 0.2) is 0 Å². The van der Waals surface area contributed by atoms with Crippen LogP contribution in [0.2, 0.25) is 0 Å². The van der Waals surface area contributed by atoms with E-state index >= 15 is 0 Å². The highest BCUT2D eigenvalue weighted by Gasteiger charge is 2.46. The molecule has 7 atom stereocenters. The Labute approximate surface area is 186 Å². The van der Waals surface area contributed by atoms with Crippen LogP contribution in [-0.4, -0.2) is 108 Å². The Hall–Kier alpha value is 0.01000. The molecule has 0 aromatic carbocycles. The van der Waals surface area contributed by atoms with Gasteiger partial charge in [0.15, 0.2) is 0 Å². The first-order chi connectivity index (χ1) is 14.7. The number of hydrogen-bond donors (Lipinski definition) is 4. The van der Waals surface area contributed by atoms with Gasteiger partial charge < -0.3 is 25.6 Å². The third-order valence-electron chi connectivity index (χ3n) is 7.63. The van der Waals surface area contributed by atoms with Crippen molar-refractivity contribution in [1.29, 1.82) is 0 Å². The molecule has 3 saturated heterocycles. The second-order valence-electron chi connectivity index (χ2n) is 9.70. The molecule has 4 rings (SSSR count). The van der Waals surface area contributed by atoms with Crippen LogP contribution in [0.3, 0.4) is 0 Å². The molecule has 0 spiro atoms. The molecule has 3 aliphatic heterocycles. The number of piperidine rings is 1. The van der Waals surface area contributed by atoms with Crippen molar-refractivity contribution in [2.75, 3.05) is 52.4 Å². The number of aliphatic hydroxyl groups excluding tert-OH is 2. The second kappa shape index (κ2) is 11.2. The summed E-state index contributed by atoms with van der Waals surface area (Å²) in [4.78, 5) is 4.95. The molecule has 174 valence electrons. The molecule has 4 N–H and O–H groups in total. The highest BCUT2D eigenvalue weighted by Crippen LogP contribution is 2.29. The van der Waals surface area contributed by atoms with Crippen LogP contribution >= 0.6 is 11.6 Å². The van der Waals surface area contributed by atoms with E-state index in [-0.39, 0.29) is 18.8 Å². The number of rotatable bonds is 7. The van der Waals surface area contributed by atoms with Gasteiger partial charge in [0.25, 0.3) is 0 Å². The lowest BCUT2D eigenvalue weighted by molar-refractivity contribution is -0.0215. The molecule has 3 heterocycles. The summed E-state index contributed by atoms with van der Waals surface area (Å²) in [5.41, 5.74) is 0. The first kappa shape index (κ1) is 23.2. The topological polar surface area (TPSA) is 80.2 Å². The molecule has 8 heteroatoms. The Morgan fingerprint density at radius 1 is 0.967 bits per heavy atom. The molecule has 30 heavy (non-hydrogen) atoms. The van der Waals surface area contributed by atoms with Crippen LogP contribution in [0.25, 0.3) is 0 Å². The Morgan fingerprint density at radius 2 is 1.77 bits per heavy atom. The highest BCUT2D eigenvalue weighted by atomic mass is 35.5. The number of hydrogen-bond acceptors (Lipinski definition) is 7. The minimum atomic E-state index is -0.636. The Kier molecular flexibility index (Phi) is 8.68. The largest absolute Gasteiger partial charge is 0.394 e. The number of nitrogens with zero attached hydrogens (tertiary/aromatic N) is 2. The van der Waals surface area contributed by atoms with Crippen molar-refractivity contribution in [3.8, 4) is 0 Å². The summed E-state index contributed by atoms with van der Waals surface area (Å²) in [5, 5.41) is 28.1. The molecular weight excluding hydrogens is 404 g/mol. The van der Waals surface area contributed by atoms with Crippen LogP contribution in [0.5, 0.6) is 0 Å². The van der Waals surface area contributed by atoms with E-state index in [9.17, 15) is 10.2 Å². The minimum Gasteiger partial charge on any atom is -0.394 e. The molecule has 3 unspecified atom stereocenters. The van der Waals surface area contributed by atoms with Gasteiger partial charge in [0, 0.05) is 38.1 Å². The van der Waals surface area contributed by atoms with Gasteiger partial charge in [-0.2, -0.15) is 0 Å². The summed E-state index contributed by atoms with van der Waals surface area (Å²) in [6, 6.07) is -0.0525. The third-order valence-corrected chi connectivity index (χ3v) is 8.03. The number of nitrogens with one attached hydrogen (secondary N) is 2. The van der Waals surface area contributed by atoms with Gasteiger partial charge in [-0.05, 0) is 57.5 Å². The summed E-state index contributed by atoms with van der Waals surface area (Å²) >= 11 is 6.34. The van der Waals surface area contributed by atoms with Gasteiger partial charge in [0.2, 0.25) is 0 Å². The first-order valence-electron chi connectivity index (χ1n) is 12.2. The molecule has 0 aromatic heterocycles. The summed E-state index contributed by atoms with van der Waals surface area (Å²) in [5.74, 6) is 0.631. The van der Waals surface area contributed by atoms with Gasteiger partial charge in [-0.3, -0.25) is 9.80 Å². The molecule has 4 fully saturated rings. The minimum absolute atomic E-state index is 0.0525. The molecule has 4 aliphatic rings. The number of piperazine rings is 1. The van der Waals surface area contributed by atoms with Gasteiger partial charge in [-0.1, -0.05) is 6.42 Å². The van der Waals surface area contributed by atoms with Crippen molar-refractivity contribution >= 4 is 11.6 Å². The lowest BCUT2D eigenvalue weighted by atomic mass is 9.89. The summed E-state index contributed by atoms with van der Waals surface area (Å²) < 4.78 is 6.09. The lowest BCUT2D eigenvalue weighted by Gasteiger charge is -2.44. The average molecular weight is 445 g/mol. The molecule has 0 bridgehead atoms. The zero-order valence-corrected chi connectivity index (χ0v) is 19.0. The van der Waals surface area contributed by atoms with Gasteiger partial charge in [-0.25, -0.2) is 0 Å². The Bertz CT molecular complexity index is 517. The normalized spacial score (nSPS) is 41.9. The van der Waals surface area contributed by atoms with Crippen molar-refractivity contribution in [2.24, 2.45) is 5.92 Å². The van der Waals surface area contributed by atoms with Crippen molar-refractivity contribution in [3.63, 3.8) is 0 Å². The molecule has 1 saturated carbocycles. The Balaban J connectivity index is 1.28. The lowest BCUT2D eigenvalue weighted by Crippen LogP contribution is -2.61. The van der Waals surface area contributed by atoms with E-state index in [2.05, 4.69) is 20.4 Å². The average Bonchev–Trinajstić information content (AvgIpc) is 3.10. The number of alkyl halides is 1. The molecule has 0 aromatic rings.